The van der Waals surface area contributed by atoms with Crippen molar-refractivity contribution in [2.45, 2.75) is 32.2 Å². The second-order valence-corrected chi connectivity index (χ2v) is 9.34. The Labute approximate surface area is 217 Å². The molecule has 8 nitrogen and oxygen atoms in total. The molecule has 4 rings (SSSR count). The van der Waals surface area contributed by atoms with Crippen LogP contribution < -0.4 is 4.74 Å². The van der Waals surface area contributed by atoms with E-state index in [1.54, 1.807) is 0 Å². The number of hydrogen-bond donors (Lipinski definition) is 1. The summed E-state index contributed by atoms with van der Waals surface area (Å²) in [6.07, 6.45) is -1.92. The van der Waals surface area contributed by atoms with Crippen molar-refractivity contribution >= 4 is 40.4 Å². The second-order valence-electron chi connectivity index (χ2n) is 8.11. The van der Waals surface area contributed by atoms with Crippen molar-refractivity contribution in [1.82, 2.24) is 19.5 Å². The van der Waals surface area contributed by atoms with Crippen molar-refractivity contribution in [1.29, 1.82) is 0 Å². The Balaban J connectivity index is 1.52. The van der Waals surface area contributed by atoms with Gasteiger partial charge in [-0.3, -0.25) is 0 Å². The fourth-order valence-corrected chi connectivity index (χ4v) is 3.84. The summed E-state index contributed by atoms with van der Waals surface area (Å²) in [6, 6.07) is 3.78. The van der Waals surface area contributed by atoms with Gasteiger partial charge >= 0.3 is 6.18 Å². The predicted molar refractivity (Wildman–Crippen MR) is 126 cm³/mol. The van der Waals surface area contributed by atoms with Gasteiger partial charge in [0.25, 0.3) is 5.89 Å². The summed E-state index contributed by atoms with van der Waals surface area (Å²) in [5.41, 5.74) is -0.375. The first kappa shape index (κ1) is 26.5. The Bertz CT molecular complexity index is 1400. The molecule has 0 aliphatic carbocycles. The molecule has 0 aliphatic rings. The lowest BCUT2D eigenvalue weighted by molar-refractivity contribution is -0.176. The number of rotatable bonds is 8. The maximum Gasteiger partial charge on any atom is 0.417 e. The van der Waals surface area contributed by atoms with Gasteiger partial charge < -0.3 is 23.5 Å². The van der Waals surface area contributed by atoms with E-state index in [9.17, 15) is 18.3 Å². The van der Waals surface area contributed by atoms with E-state index in [0.29, 0.717) is 17.7 Å². The van der Waals surface area contributed by atoms with Crippen LogP contribution in [0.4, 0.5) is 13.2 Å². The van der Waals surface area contributed by atoms with E-state index in [4.69, 9.17) is 48.8 Å². The summed E-state index contributed by atoms with van der Waals surface area (Å²) in [6.45, 7) is 3.61. The summed E-state index contributed by atoms with van der Waals surface area (Å²) in [7, 11) is 0. The molecule has 192 valence electrons. The van der Waals surface area contributed by atoms with E-state index >= 15 is 0 Å². The van der Waals surface area contributed by atoms with Crippen molar-refractivity contribution in [3.05, 3.63) is 51.2 Å². The van der Waals surface area contributed by atoms with E-state index in [2.05, 4.69) is 15.1 Å². The number of benzene rings is 1. The van der Waals surface area contributed by atoms with Gasteiger partial charge in [0.2, 0.25) is 5.82 Å². The van der Waals surface area contributed by atoms with Gasteiger partial charge in [0, 0.05) is 30.4 Å². The lowest BCUT2D eigenvalue weighted by Gasteiger charge is -2.18. The second kappa shape index (κ2) is 10.1. The first-order valence-electron chi connectivity index (χ1n) is 10.4. The standard InChI is InChI=1S/C22H18Cl3F3N4O4/c1-21(2,33)35-5-3-4-34-17-8-13(23)12(7-14(17)24)18-30-20(36-31-18)16-10-32-9-11(22(26,27)28)6-15(25)19(32)29-16/h6-10,33H,3-5H2,1-2H3. The molecule has 0 radical (unpaired) electrons. The third-order valence-corrected chi connectivity index (χ3v) is 5.63. The van der Waals surface area contributed by atoms with Crippen LogP contribution in [0, 0.1) is 0 Å². The van der Waals surface area contributed by atoms with Crippen LogP contribution in [0.15, 0.2) is 35.1 Å². The number of alkyl halides is 3. The Morgan fingerprint density at radius 2 is 1.75 bits per heavy atom. The summed E-state index contributed by atoms with van der Waals surface area (Å²) in [5, 5.41) is 13.7. The van der Waals surface area contributed by atoms with Crippen molar-refractivity contribution in [3.8, 4) is 28.7 Å². The number of fused-ring (bicyclic) bond motifs is 1. The van der Waals surface area contributed by atoms with Crippen LogP contribution in [-0.2, 0) is 10.9 Å². The maximum atomic E-state index is 13.1. The SMILES string of the molecule is CC(C)(O)OCCCOc1cc(Cl)c(-c2noc(-c3cn4cc(C(F)(F)F)cc(Cl)c4n3)n2)cc1Cl. The van der Waals surface area contributed by atoms with Crippen LogP contribution in [0.5, 0.6) is 5.75 Å². The van der Waals surface area contributed by atoms with Crippen LogP contribution in [0.3, 0.4) is 0 Å². The van der Waals surface area contributed by atoms with Crippen LogP contribution in [0.2, 0.25) is 15.1 Å². The van der Waals surface area contributed by atoms with Gasteiger partial charge in [-0.25, -0.2) is 4.98 Å². The molecule has 0 fully saturated rings. The number of aromatic nitrogens is 4. The Kier molecular flexibility index (Phi) is 7.40. The lowest BCUT2D eigenvalue weighted by atomic mass is 10.2. The third kappa shape index (κ3) is 6.04. The van der Waals surface area contributed by atoms with Crippen molar-refractivity contribution in [2.75, 3.05) is 13.2 Å². The average molecular weight is 566 g/mol. The number of aliphatic hydroxyl groups is 1. The number of imidazole rings is 1. The number of nitrogens with zero attached hydrogens (tertiary/aromatic N) is 4. The summed E-state index contributed by atoms with van der Waals surface area (Å²) in [4.78, 5) is 8.44. The molecule has 0 amide bonds. The number of hydrogen-bond acceptors (Lipinski definition) is 7. The molecule has 0 unspecified atom stereocenters. The highest BCUT2D eigenvalue weighted by atomic mass is 35.5. The highest BCUT2D eigenvalue weighted by Gasteiger charge is 2.32. The maximum absolute atomic E-state index is 13.1. The van der Waals surface area contributed by atoms with Crippen LogP contribution in [0.25, 0.3) is 28.6 Å². The molecule has 0 saturated carbocycles. The number of halogens is 6. The molecule has 0 saturated heterocycles. The molecule has 4 aromatic rings. The minimum Gasteiger partial charge on any atom is -0.492 e. The van der Waals surface area contributed by atoms with Gasteiger partial charge in [0.05, 0.1) is 33.8 Å². The largest absolute Gasteiger partial charge is 0.492 e. The van der Waals surface area contributed by atoms with E-state index in [-0.39, 0.29) is 51.3 Å². The zero-order valence-electron chi connectivity index (χ0n) is 18.7. The Hall–Kier alpha value is -2.57. The minimum atomic E-state index is -4.57. The van der Waals surface area contributed by atoms with Gasteiger partial charge in [-0.15, -0.1) is 0 Å². The Morgan fingerprint density at radius 3 is 2.44 bits per heavy atom. The van der Waals surface area contributed by atoms with Crippen LogP contribution >= 0.6 is 34.8 Å². The van der Waals surface area contributed by atoms with E-state index in [0.717, 1.165) is 16.7 Å². The molecule has 3 heterocycles. The van der Waals surface area contributed by atoms with Gasteiger partial charge in [0.15, 0.2) is 11.4 Å². The summed E-state index contributed by atoms with van der Waals surface area (Å²) >= 11 is 18.7. The molecule has 1 N–H and O–H groups in total. The van der Waals surface area contributed by atoms with E-state index < -0.39 is 17.5 Å². The van der Waals surface area contributed by atoms with Crippen LogP contribution in [-0.4, -0.2) is 43.6 Å². The number of ether oxygens (including phenoxy) is 2. The zero-order chi connectivity index (χ0) is 26.3. The fraction of sp³-hybridized carbons (Fsp3) is 0.318. The molecule has 1 aromatic carbocycles. The number of pyridine rings is 1. The van der Waals surface area contributed by atoms with Gasteiger partial charge in [-0.1, -0.05) is 40.0 Å². The summed E-state index contributed by atoms with van der Waals surface area (Å²) in [5.74, 6) is -0.875. The Morgan fingerprint density at radius 1 is 1.00 bits per heavy atom. The predicted octanol–water partition coefficient (Wildman–Crippen LogP) is 6.54. The first-order valence-corrected chi connectivity index (χ1v) is 11.5. The third-order valence-electron chi connectivity index (χ3n) is 4.74. The van der Waals surface area contributed by atoms with Gasteiger partial charge in [-0.2, -0.15) is 18.2 Å². The normalized spacial score (nSPS) is 12.5. The molecule has 0 spiro atoms. The molecule has 14 heteroatoms. The monoisotopic (exact) mass is 564 g/mol. The highest BCUT2D eigenvalue weighted by Crippen LogP contribution is 2.37. The molecule has 3 aromatic heterocycles. The summed E-state index contributed by atoms with van der Waals surface area (Å²) < 4.78 is 56.5. The lowest BCUT2D eigenvalue weighted by Crippen LogP contribution is -2.24. The van der Waals surface area contributed by atoms with Crippen molar-refractivity contribution in [3.63, 3.8) is 0 Å². The first-order chi connectivity index (χ1) is 16.8. The molecular weight excluding hydrogens is 548 g/mol. The highest BCUT2D eigenvalue weighted by molar-refractivity contribution is 6.36. The average Bonchev–Trinajstić information content (AvgIpc) is 3.41. The quantitative estimate of drug-likeness (QED) is 0.191. The van der Waals surface area contributed by atoms with Crippen molar-refractivity contribution in [2.24, 2.45) is 0 Å². The van der Waals surface area contributed by atoms with Gasteiger partial charge in [0.1, 0.15) is 11.4 Å². The van der Waals surface area contributed by atoms with Gasteiger partial charge in [-0.05, 0) is 26.0 Å². The van der Waals surface area contributed by atoms with E-state index in [1.807, 2.05) is 0 Å². The van der Waals surface area contributed by atoms with Crippen LogP contribution in [0.1, 0.15) is 25.8 Å². The topological polar surface area (TPSA) is 94.9 Å². The molecule has 0 bridgehead atoms. The molecule has 36 heavy (non-hydrogen) atoms. The van der Waals surface area contributed by atoms with E-state index in [1.165, 1.54) is 32.2 Å². The smallest absolute Gasteiger partial charge is 0.417 e. The zero-order valence-corrected chi connectivity index (χ0v) is 21.0. The minimum absolute atomic E-state index is 0.0577. The fourth-order valence-electron chi connectivity index (χ4n) is 3.13. The molecule has 0 aliphatic heterocycles. The molecule has 0 atom stereocenters. The molecular formula is C22H18Cl3F3N4O4. The van der Waals surface area contributed by atoms with Crippen molar-refractivity contribution < 1.29 is 32.3 Å².